The van der Waals surface area contributed by atoms with Crippen molar-refractivity contribution in [3.8, 4) is 0 Å². The first-order valence-corrected chi connectivity index (χ1v) is 12.9. The maximum absolute atomic E-state index is 14.0. The van der Waals surface area contributed by atoms with Crippen LogP contribution in [0.15, 0.2) is 66.7 Å². The molecule has 5 heteroatoms. The van der Waals surface area contributed by atoms with Gasteiger partial charge in [-0.25, -0.2) is 9.37 Å². The monoisotopic (exact) mass is 475 g/mol. The van der Waals surface area contributed by atoms with Gasteiger partial charge in [-0.2, -0.15) is 0 Å². The van der Waals surface area contributed by atoms with Gasteiger partial charge in [0.15, 0.2) is 0 Å². The van der Waals surface area contributed by atoms with E-state index < -0.39 is 0 Å². The fourth-order valence-corrected chi connectivity index (χ4v) is 7.42. The van der Waals surface area contributed by atoms with E-state index in [1.807, 2.05) is 18.2 Å². The van der Waals surface area contributed by atoms with Gasteiger partial charge in [-0.1, -0.05) is 60.1 Å². The second-order valence-electron chi connectivity index (χ2n) is 10.3. The molecule has 4 atom stereocenters. The van der Waals surface area contributed by atoms with E-state index in [1.54, 1.807) is 12.1 Å². The number of hydrogen-bond acceptors (Lipinski definition) is 3. The third-order valence-corrected chi connectivity index (χ3v) is 8.91. The van der Waals surface area contributed by atoms with Crippen molar-refractivity contribution in [1.82, 2.24) is 15.6 Å². The summed E-state index contributed by atoms with van der Waals surface area (Å²) >= 11 is 6.31. The SMILES string of the molecule is Fc1ccc(C2([C@@H]3CNCC34CCCc3nc(Cl)ccc34)CC(c3ccccc3)CCN2)cc1. The Kier molecular flexibility index (Phi) is 5.71. The average Bonchev–Trinajstić information content (AvgIpc) is 3.29. The van der Waals surface area contributed by atoms with Crippen LogP contribution in [0.2, 0.25) is 5.15 Å². The van der Waals surface area contributed by atoms with Crippen molar-refractivity contribution in [2.24, 2.45) is 5.92 Å². The van der Waals surface area contributed by atoms with E-state index in [9.17, 15) is 4.39 Å². The van der Waals surface area contributed by atoms with Crippen LogP contribution in [0.5, 0.6) is 0 Å². The number of halogens is 2. The zero-order valence-corrected chi connectivity index (χ0v) is 20.1. The van der Waals surface area contributed by atoms with Crippen LogP contribution in [0.25, 0.3) is 0 Å². The number of aryl methyl sites for hydroxylation is 1. The maximum atomic E-state index is 14.0. The van der Waals surface area contributed by atoms with Gasteiger partial charge in [0.1, 0.15) is 11.0 Å². The summed E-state index contributed by atoms with van der Waals surface area (Å²) in [6, 6.07) is 22.3. The first-order valence-electron chi connectivity index (χ1n) is 12.5. The second-order valence-corrected chi connectivity index (χ2v) is 10.7. The van der Waals surface area contributed by atoms with Crippen molar-refractivity contribution in [2.75, 3.05) is 19.6 Å². The molecule has 3 nitrogen and oxygen atoms in total. The molecule has 176 valence electrons. The van der Waals surface area contributed by atoms with E-state index in [-0.39, 0.29) is 16.8 Å². The number of aromatic nitrogens is 1. The van der Waals surface area contributed by atoms with Gasteiger partial charge < -0.3 is 10.6 Å². The average molecular weight is 476 g/mol. The van der Waals surface area contributed by atoms with Gasteiger partial charge in [0.25, 0.3) is 0 Å². The van der Waals surface area contributed by atoms with Gasteiger partial charge in [-0.05, 0) is 79.5 Å². The van der Waals surface area contributed by atoms with Gasteiger partial charge in [-0.15, -0.1) is 0 Å². The number of rotatable bonds is 3. The molecule has 0 amide bonds. The van der Waals surface area contributed by atoms with Gasteiger partial charge in [0.05, 0.1) is 0 Å². The number of nitrogens with one attached hydrogen (secondary N) is 2. The largest absolute Gasteiger partial charge is 0.315 e. The molecule has 2 saturated heterocycles. The standard InChI is InChI=1S/C29H31ClFN3/c30-27-13-12-24-25(34-27)7-4-15-28(24)19-32-18-26(28)29(22-8-10-23(31)11-9-22)17-21(14-16-33-29)20-5-2-1-3-6-20/h1-3,5-6,8-13,21,26,32-33H,4,7,14-19H2/t21?,26-,28?,29?/m1/s1. The van der Waals surface area contributed by atoms with Gasteiger partial charge in [0, 0.05) is 35.7 Å². The molecule has 3 aromatic rings. The third kappa shape index (κ3) is 3.59. The Bertz CT molecular complexity index is 1170. The first-order chi connectivity index (χ1) is 16.6. The first kappa shape index (κ1) is 22.2. The molecule has 1 spiro atoms. The highest BCUT2D eigenvalue weighted by Gasteiger charge is 2.57. The van der Waals surface area contributed by atoms with Crippen LogP contribution in [-0.2, 0) is 17.4 Å². The lowest BCUT2D eigenvalue weighted by Crippen LogP contribution is -2.59. The number of piperidine rings is 1. The van der Waals surface area contributed by atoms with Crippen molar-refractivity contribution in [2.45, 2.75) is 49.0 Å². The van der Waals surface area contributed by atoms with Gasteiger partial charge in [0.2, 0.25) is 0 Å². The van der Waals surface area contributed by atoms with Crippen molar-refractivity contribution < 1.29 is 4.39 Å². The quantitative estimate of drug-likeness (QED) is 0.475. The minimum absolute atomic E-state index is 0.0227. The molecule has 6 rings (SSSR count). The van der Waals surface area contributed by atoms with Crippen LogP contribution in [-0.4, -0.2) is 24.6 Å². The molecule has 3 aliphatic rings. The smallest absolute Gasteiger partial charge is 0.129 e. The molecule has 0 radical (unpaired) electrons. The summed E-state index contributed by atoms with van der Waals surface area (Å²) in [6.45, 7) is 2.80. The molecule has 2 aliphatic heterocycles. The summed E-state index contributed by atoms with van der Waals surface area (Å²) in [4.78, 5) is 4.75. The minimum atomic E-state index is -0.260. The van der Waals surface area contributed by atoms with E-state index in [2.05, 4.69) is 47.0 Å². The highest BCUT2D eigenvalue weighted by atomic mass is 35.5. The molecular formula is C29H31ClFN3. The molecule has 0 saturated carbocycles. The van der Waals surface area contributed by atoms with E-state index in [1.165, 1.54) is 16.7 Å². The van der Waals surface area contributed by atoms with Gasteiger partial charge in [-0.3, -0.25) is 0 Å². The predicted molar refractivity (Wildman–Crippen MR) is 135 cm³/mol. The lowest BCUT2D eigenvalue weighted by atomic mass is 9.56. The molecule has 2 aromatic carbocycles. The number of hydrogen-bond donors (Lipinski definition) is 2. The van der Waals surface area contributed by atoms with E-state index in [0.29, 0.717) is 17.0 Å². The molecule has 3 unspecified atom stereocenters. The fourth-order valence-electron chi connectivity index (χ4n) is 7.25. The molecule has 0 bridgehead atoms. The minimum Gasteiger partial charge on any atom is -0.315 e. The highest BCUT2D eigenvalue weighted by molar-refractivity contribution is 6.29. The topological polar surface area (TPSA) is 37.0 Å². The second kappa shape index (κ2) is 8.75. The molecule has 34 heavy (non-hydrogen) atoms. The lowest BCUT2D eigenvalue weighted by Gasteiger charge is -2.53. The predicted octanol–water partition coefficient (Wildman–Crippen LogP) is 5.73. The van der Waals surface area contributed by atoms with Crippen LogP contribution >= 0.6 is 11.6 Å². The zero-order chi connectivity index (χ0) is 23.2. The van der Waals surface area contributed by atoms with Crippen molar-refractivity contribution in [3.05, 3.63) is 100 Å². The number of pyridine rings is 1. The van der Waals surface area contributed by atoms with Crippen LogP contribution in [0.3, 0.4) is 0 Å². The molecular weight excluding hydrogens is 445 g/mol. The molecule has 1 aromatic heterocycles. The van der Waals surface area contributed by atoms with E-state index in [4.69, 9.17) is 16.6 Å². The van der Waals surface area contributed by atoms with Crippen molar-refractivity contribution >= 4 is 11.6 Å². The lowest BCUT2D eigenvalue weighted by molar-refractivity contribution is 0.0974. The fraction of sp³-hybridized carbons (Fsp3) is 0.414. The maximum Gasteiger partial charge on any atom is 0.129 e. The van der Waals surface area contributed by atoms with E-state index in [0.717, 1.165) is 57.4 Å². The Morgan fingerprint density at radius 2 is 1.82 bits per heavy atom. The summed E-state index contributed by atoms with van der Waals surface area (Å²) in [6.07, 6.45) is 5.32. The van der Waals surface area contributed by atoms with Crippen LogP contribution < -0.4 is 10.6 Å². The van der Waals surface area contributed by atoms with Crippen LogP contribution in [0.1, 0.15) is 54.0 Å². The third-order valence-electron chi connectivity index (χ3n) is 8.70. The zero-order valence-electron chi connectivity index (χ0n) is 19.4. The van der Waals surface area contributed by atoms with Crippen molar-refractivity contribution in [1.29, 1.82) is 0 Å². The van der Waals surface area contributed by atoms with Crippen molar-refractivity contribution in [3.63, 3.8) is 0 Å². The van der Waals surface area contributed by atoms with Crippen LogP contribution in [0, 0.1) is 11.7 Å². The van der Waals surface area contributed by atoms with E-state index >= 15 is 0 Å². The number of benzene rings is 2. The normalized spacial score (nSPS) is 30.9. The van der Waals surface area contributed by atoms with Crippen LogP contribution in [0.4, 0.5) is 4.39 Å². The Balaban J connectivity index is 1.50. The summed E-state index contributed by atoms with van der Waals surface area (Å²) in [5.74, 6) is 0.589. The molecule has 1 aliphatic carbocycles. The summed E-state index contributed by atoms with van der Waals surface area (Å²) in [5, 5.41) is 8.36. The Labute approximate surface area is 206 Å². The Morgan fingerprint density at radius 3 is 2.65 bits per heavy atom. The molecule has 3 heterocycles. The molecule has 2 fully saturated rings. The summed E-state index contributed by atoms with van der Waals surface area (Å²) < 4.78 is 14.0. The molecule has 2 N–H and O–H groups in total. The highest BCUT2D eigenvalue weighted by Crippen LogP contribution is 2.55. The Hall–Kier alpha value is -2.27. The number of fused-ring (bicyclic) bond motifs is 2. The van der Waals surface area contributed by atoms with Gasteiger partial charge >= 0.3 is 0 Å². The summed E-state index contributed by atoms with van der Waals surface area (Å²) in [5.41, 5.74) is 4.81. The number of nitrogens with zero attached hydrogens (tertiary/aromatic N) is 1. The Morgan fingerprint density at radius 1 is 1.00 bits per heavy atom. The summed E-state index contributed by atoms with van der Waals surface area (Å²) in [7, 11) is 0.